The molecule has 2 N–H and O–H groups in total. The Morgan fingerprint density at radius 3 is 3.09 bits per heavy atom. The lowest BCUT2D eigenvalue weighted by Gasteiger charge is -1.94. The lowest BCUT2D eigenvalue weighted by Crippen LogP contribution is -1.94. The molecule has 0 unspecified atom stereocenters. The SMILES string of the molecule is Nc1cc2cn[n]([AlH2])c2cn1. The quantitative estimate of drug-likeness (QED) is 0.527. The molecule has 0 radical (unpaired) electrons. The maximum atomic E-state index is 5.50. The average Bonchev–Trinajstić information content (AvgIpc) is 2.32. The number of nitrogen functional groups attached to an aromatic ring is 1. The van der Waals surface area contributed by atoms with Crippen molar-refractivity contribution in [2.75, 3.05) is 5.73 Å². The molecule has 2 heterocycles. The maximum Gasteiger partial charge on any atom is 0.398 e. The molecular weight excluding hydrogens is 155 g/mol. The van der Waals surface area contributed by atoms with Gasteiger partial charge in [-0.3, -0.25) is 0 Å². The van der Waals surface area contributed by atoms with Gasteiger partial charge in [-0.25, -0.2) is 10.1 Å². The van der Waals surface area contributed by atoms with Crippen LogP contribution >= 0.6 is 0 Å². The van der Waals surface area contributed by atoms with Gasteiger partial charge < -0.3 is 9.40 Å². The molecule has 0 amide bonds. The van der Waals surface area contributed by atoms with E-state index in [1.54, 1.807) is 12.4 Å². The van der Waals surface area contributed by atoms with E-state index in [9.17, 15) is 0 Å². The molecule has 2 aromatic heterocycles. The van der Waals surface area contributed by atoms with E-state index in [1.807, 2.05) is 9.73 Å². The van der Waals surface area contributed by atoms with E-state index < -0.39 is 0 Å². The molecule has 54 valence electrons. The zero-order valence-corrected chi connectivity index (χ0v) is 8.15. The van der Waals surface area contributed by atoms with Crippen molar-refractivity contribution in [3.63, 3.8) is 0 Å². The van der Waals surface area contributed by atoms with Crippen molar-refractivity contribution in [2.24, 2.45) is 0 Å². The lowest BCUT2D eigenvalue weighted by molar-refractivity contribution is 1.02. The third-order valence-electron chi connectivity index (χ3n) is 1.65. The highest BCUT2D eigenvalue weighted by Crippen LogP contribution is 2.12. The first-order valence-electron chi connectivity index (χ1n) is 3.30. The highest BCUT2D eigenvalue weighted by atomic mass is 27.1. The number of fused-ring (bicyclic) bond motifs is 1. The number of aromatic nitrogens is 3. The molecular formula is C6H7AlN4. The van der Waals surface area contributed by atoms with Gasteiger partial charge in [0, 0.05) is 5.39 Å². The zero-order valence-electron chi connectivity index (χ0n) is 6.15. The van der Waals surface area contributed by atoms with E-state index in [-0.39, 0.29) is 0 Å². The van der Waals surface area contributed by atoms with Gasteiger partial charge in [-0.05, 0) is 6.07 Å². The lowest BCUT2D eigenvalue weighted by atomic mass is 10.3. The van der Waals surface area contributed by atoms with Crippen molar-refractivity contribution in [3.05, 3.63) is 18.5 Å². The smallest absolute Gasteiger partial charge is 0.384 e. The van der Waals surface area contributed by atoms with Crippen molar-refractivity contribution in [1.82, 2.24) is 13.7 Å². The van der Waals surface area contributed by atoms with Gasteiger partial charge in [0.1, 0.15) is 5.82 Å². The summed E-state index contributed by atoms with van der Waals surface area (Å²) >= 11 is 0.882. The van der Waals surface area contributed by atoms with Gasteiger partial charge in [0.05, 0.1) is 17.9 Å². The van der Waals surface area contributed by atoms with Crippen molar-refractivity contribution < 1.29 is 0 Å². The van der Waals surface area contributed by atoms with Gasteiger partial charge in [-0.15, -0.1) is 0 Å². The Labute approximate surface area is 71.7 Å². The van der Waals surface area contributed by atoms with Crippen molar-refractivity contribution >= 4 is 33.2 Å². The minimum Gasteiger partial charge on any atom is -0.384 e. The molecule has 0 atom stereocenters. The van der Waals surface area contributed by atoms with Gasteiger partial charge in [0.15, 0.2) is 0 Å². The topological polar surface area (TPSA) is 56.7 Å². The Balaban J connectivity index is 2.86. The third-order valence-corrected chi connectivity index (χ3v) is 2.37. The van der Waals surface area contributed by atoms with Gasteiger partial charge >= 0.3 is 16.5 Å². The summed E-state index contributed by atoms with van der Waals surface area (Å²) in [5, 5.41) is 5.18. The summed E-state index contributed by atoms with van der Waals surface area (Å²) in [5.41, 5.74) is 6.56. The van der Waals surface area contributed by atoms with Crippen LogP contribution in [0.15, 0.2) is 18.5 Å². The molecule has 0 saturated heterocycles. The molecule has 0 saturated carbocycles. The summed E-state index contributed by atoms with van der Waals surface area (Å²) in [7, 11) is 0. The van der Waals surface area contributed by atoms with E-state index in [1.165, 1.54) is 0 Å². The first kappa shape index (κ1) is 6.65. The number of rotatable bonds is 0. The second-order valence-electron chi connectivity index (χ2n) is 2.44. The third kappa shape index (κ3) is 0.986. The van der Waals surface area contributed by atoms with Gasteiger partial charge in [-0.1, -0.05) is 0 Å². The highest BCUT2D eigenvalue weighted by Gasteiger charge is 1.97. The first-order valence-corrected chi connectivity index (χ1v) is 4.20. The second kappa shape index (κ2) is 2.22. The molecule has 2 rings (SSSR count). The molecule has 2 aromatic rings. The fourth-order valence-corrected chi connectivity index (χ4v) is 1.55. The van der Waals surface area contributed by atoms with Crippen LogP contribution in [0.5, 0.6) is 0 Å². The van der Waals surface area contributed by atoms with Gasteiger partial charge in [0.2, 0.25) is 0 Å². The van der Waals surface area contributed by atoms with Crippen LogP contribution in [0, 0.1) is 0 Å². The van der Waals surface area contributed by atoms with Crippen molar-refractivity contribution in [3.8, 4) is 0 Å². The molecule has 0 aromatic carbocycles. The Bertz CT molecular complexity index is 394. The fourth-order valence-electron chi connectivity index (χ4n) is 1.07. The minimum absolute atomic E-state index is 0.548. The number of hydrogen-bond acceptors (Lipinski definition) is 3. The van der Waals surface area contributed by atoms with E-state index in [0.717, 1.165) is 27.4 Å². The van der Waals surface area contributed by atoms with Crippen LogP contribution < -0.4 is 5.73 Å². The van der Waals surface area contributed by atoms with Crippen LogP contribution in [-0.2, 0) is 0 Å². The Kier molecular flexibility index (Phi) is 1.34. The normalized spacial score (nSPS) is 10.5. The average molecular weight is 162 g/mol. The molecule has 0 aliphatic rings. The summed E-state index contributed by atoms with van der Waals surface area (Å²) in [4.78, 5) is 3.98. The standard InChI is InChI=1S/C6H5N4.Al.2H/c7-6-1-4-2-9-10-5(4)3-8-6;;;/h1-3H,(H2-,7,8,9,10);;;/q-1;+1;;. The largest absolute Gasteiger partial charge is 0.398 e. The summed E-state index contributed by atoms with van der Waals surface area (Å²) in [5.74, 6) is 0.548. The zero-order chi connectivity index (χ0) is 7.84. The van der Waals surface area contributed by atoms with Crippen LogP contribution in [0.1, 0.15) is 0 Å². The summed E-state index contributed by atoms with van der Waals surface area (Å²) in [6.45, 7) is 0. The molecule has 4 nitrogen and oxygen atoms in total. The number of pyridine rings is 1. The molecule has 0 spiro atoms. The maximum absolute atomic E-state index is 5.50. The Hall–Kier alpha value is -1.05. The van der Waals surface area contributed by atoms with Gasteiger partial charge in [0.25, 0.3) is 0 Å². The molecule has 0 fully saturated rings. The Morgan fingerprint density at radius 1 is 1.45 bits per heavy atom. The molecule has 5 heteroatoms. The first-order chi connectivity index (χ1) is 5.27. The second-order valence-corrected chi connectivity index (χ2v) is 3.28. The van der Waals surface area contributed by atoms with Crippen molar-refractivity contribution in [1.29, 1.82) is 0 Å². The van der Waals surface area contributed by atoms with E-state index in [0.29, 0.717) is 5.82 Å². The van der Waals surface area contributed by atoms with Crippen molar-refractivity contribution in [2.45, 2.75) is 0 Å². The number of hydrogen-bond donors (Lipinski definition) is 1. The van der Waals surface area contributed by atoms with Crippen LogP contribution in [0.4, 0.5) is 5.82 Å². The van der Waals surface area contributed by atoms with E-state index in [2.05, 4.69) is 10.1 Å². The molecule has 11 heavy (non-hydrogen) atoms. The summed E-state index contributed by atoms with van der Waals surface area (Å²) < 4.78 is 1.90. The van der Waals surface area contributed by atoms with Crippen LogP contribution in [0.3, 0.4) is 0 Å². The van der Waals surface area contributed by atoms with Gasteiger partial charge in [-0.2, -0.15) is 0 Å². The van der Waals surface area contributed by atoms with Crippen LogP contribution in [0.25, 0.3) is 10.9 Å². The monoisotopic (exact) mass is 162 g/mol. The predicted octanol–water partition coefficient (Wildman–Crippen LogP) is -0.590. The predicted molar refractivity (Wildman–Crippen MR) is 45.9 cm³/mol. The molecule has 0 bridgehead atoms. The highest BCUT2D eigenvalue weighted by molar-refractivity contribution is 6.10. The van der Waals surface area contributed by atoms with E-state index in [4.69, 9.17) is 5.73 Å². The number of nitrogens with zero attached hydrogens (tertiary/aromatic N) is 3. The Morgan fingerprint density at radius 2 is 2.27 bits per heavy atom. The van der Waals surface area contributed by atoms with Crippen LogP contribution in [-0.4, -0.2) is 30.3 Å². The fraction of sp³-hybridized carbons (Fsp3) is 0. The van der Waals surface area contributed by atoms with Crippen LogP contribution in [0.2, 0.25) is 0 Å². The minimum atomic E-state index is 0.548. The van der Waals surface area contributed by atoms with E-state index >= 15 is 0 Å². The summed E-state index contributed by atoms with van der Waals surface area (Å²) in [6, 6.07) is 1.83. The molecule has 0 aliphatic carbocycles. The summed E-state index contributed by atoms with van der Waals surface area (Å²) in [6.07, 6.45) is 3.56. The molecule has 0 aliphatic heterocycles. The number of nitrogens with two attached hydrogens (primary N) is 1. The number of anilines is 1.